The summed E-state index contributed by atoms with van der Waals surface area (Å²) in [6.45, 7) is 3.55. The van der Waals surface area contributed by atoms with Crippen molar-refractivity contribution in [1.82, 2.24) is 5.32 Å². The van der Waals surface area contributed by atoms with E-state index < -0.39 is 11.4 Å². The molecule has 5 heteroatoms. The number of aliphatic carboxylic acids is 1. The lowest BCUT2D eigenvalue weighted by molar-refractivity contribution is -0.148. The molecule has 1 fully saturated rings. The number of carbonyl (C=O) groups is 2. The van der Waals surface area contributed by atoms with Gasteiger partial charge in [0.2, 0.25) is 0 Å². The molecule has 1 amide bonds. The summed E-state index contributed by atoms with van der Waals surface area (Å²) in [4.78, 5) is 23.6. The largest absolute Gasteiger partial charge is 0.481 e. The third kappa shape index (κ3) is 2.66. The van der Waals surface area contributed by atoms with Gasteiger partial charge in [0, 0.05) is 16.6 Å². The second kappa shape index (κ2) is 5.44. The first-order chi connectivity index (χ1) is 9.34. The van der Waals surface area contributed by atoms with Gasteiger partial charge >= 0.3 is 5.97 Å². The molecule has 0 aliphatic heterocycles. The van der Waals surface area contributed by atoms with Crippen molar-refractivity contribution in [3.63, 3.8) is 0 Å². The molecule has 2 rings (SSSR count). The quantitative estimate of drug-likeness (QED) is 0.901. The van der Waals surface area contributed by atoms with Crippen LogP contribution in [-0.2, 0) is 4.79 Å². The van der Waals surface area contributed by atoms with Crippen molar-refractivity contribution in [2.24, 2.45) is 5.41 Å². The lowest BCUT2D eigenvalue weighted by atomic mass is 9.85. The Bertz CT molecular complexity index is 558. The fraction of sp³-hybridized carbons (Fsp3) is 0.467. The number of rotatable bonds is 3. The van der Waals surface area contributed by atoms with Gasteiger partial charge in [-0.25, -0.2) is 0 Å². The molecular formula is C15H18ClNO3. The van der Waals surface area contributed by atoms with E-state index in [4.69, 9.17) is 11.6 Å². The minimum atomic E-state index is -0.885. The van der Waals surface area contributed by atoms with Crippen molar-refractivity contribution in [3.05, 3.63) is 34.3 Å². The molecule has 0 saturated heterocycles. The summed E-state index contributed by atoms with van der Waals surface area (Å²) in [6, 6.07) is 4.75. The third-order valence-electron chi connectivity index (χ3n) is 4.19. The smallest absolute Gasteiger partial charge is 0.311 e. The predicted octanol–water partition coefficient (Wildman–Crippen LogP) is 3.02. The Labute approximate surface area is 123 Å². The molecule has 0 aromatic heterocycles. The number of nitrogens with one attached hydrogen (secondary N) is 1. The van der Waals surface area contributed by atoms with Gasteiger partial charge in [0.1, 0.15) is 0 Å². The first kappa shape index (κ1) is 14.9. The number of hydrogen-bond donors (Lipinski definition) is 2. The van der Waals surface area contributed by atoms with Crippen molar-refractivity contribution < 1.29 is 14.7 Å². The van der Waals surface area contributed by atoms with E-state index in [9.17, 15) is 14.7 Å². The summed E-state index contributed by atoms with van der Waals surface area (Å²) >= 11 is 6.01. The molecule has 1 aliphatic rings. The van der Waals surface area contributed by atoms with Crippen LogP contribution in [0.4, 0.5) is 0 Å². The number of aryl methyl sites for hydroxylation is 1. The molecule has 2 unspecified atom stereocenters. The first-order valence-electron chi connectivity index (χ1n) is 6.65. The van der Waals surface area contributed by atoms with Gasteiger partial charge in [0.05, 0.1) is 5.41 Å². The van der Waals surface area contributed by atoms with Crippen molar-refractivity contribution >= 4 is 23.5 Å². The van der Waals surface area contributed by atoms with Crippen LogP contribution in [0.15, 0.2) is 18.2 Å². The maximum Gasteiger partial charge on any atom is 0.311 e. The van der Waals surface area contributed by atoms with Crippen LogP contribution in [0.1, 0.15) is 42.1 Å². The average Bonchev–Trinajstić information content (AvgIpc) is 2.75. The van der Waals surface area contributed by atoms with Gasteiger partial charge in [-0.3, -0.25) is 9.59 Å². The van der Waals surface area contributed by atoms with E-state index >= 15 is 0 Å². The van der Waals surface area contributed by atoms with Crippen LogP contribution in [0.2, 0.25) is 5.02 Å². The summed E-state index contributed by atoms with van der Waals surface area (Å²) in [5.41, 5.74) is 0.476. The number of amides is 1. The highest BCUT2D eigenvalue weighted by Crippen LogP contribution is 2.38. The van der Waals surface area contributed by atoms with Crippen molar-refractivity contribution in [2.45, 2.75) is 39.2 Å². The molecule has 0 heterocycles. The Morgan fingerprint density at radius 2 is 2.15 bits per heavy atom. The van der Waals surface area contributed by atoms with Gasteiger partial charge in [-0.05, 0) is 44.4 Å². The molecular weight excluding hydrogens is 278 g/mol. The van der Waals surface area contributed by atoms with Crippen LogP contribution >= 0.6 is 11.6 Å². The molecule has 1 aromatic carbocycles. The summed E-state index contributed by atoms with van der Waals surface area (Å²) < 4.78 is 0. The Kier molecular flexibility index (Phi) is 4.04. The molecule has 1 saturated carbocycles. The first-order valence-corrected chi connectivity index (χ1v) is 7.03. The molecule has 2 N–H and O–H groups in total. The number of carboxylic acids is 1. The Morgan fingerprint density at radius 3 is 2.75 bits per heavy atom. The highest BCUT2D eigenvalue weighted by Gasteiger charge is 2.45. The van der Waals surface area contributed by atoms with Crippen molar-refractivity contribution in [1.29, 1.82) is 0 Å². The van der Waals surface area contributed by atoms with Crippen LogP contribution in [0.5, 0.6) is 0 Å². The minimum absolute atomic E-state index is 0.272. The molecule has 0 bridgehead atoms. The summed E-state index contributed by atoms with van der Waals surface area (Å²) in [6.07, 6.45) is 2.08. The lowest BCUT2D eigenvalue weighted by Crippen LogP contribution is -2.47. The highest BCUT2D eigenvalue weighted by atomic mass is 35.5. The maximum atomic E-state index is 12.2. The van der Waals surface area contributed by atoms with Gasteiger partial charge in [-0.1, -0.05) is 24.1 Å². The maximum absolute atomic E-state index is 12.2. The van der Waals surface area contributed by atoms with Crippen LogP contribution in [0, 0.1) is 12.3 Å². The van der Waals surface area contributed by atoms with Crippen molar-refractivity contribution in [2.75, 3.05) is 0 Å². The number of carbonyl (C=O) groups excluding carboxylic acids is 1. The van der Waals surface area contributed by atoms with Crippen LogP contribution in [0.25, 0.3) is 0 Å². The standard InChI is InChI=1S/C15H18ClNO3/c1-9-5-6-10(8-11(9)16)13(18)17-12-4-3-7-15(12,2)14(19)20/h5-6,8,12H,3-4,7H2,1-2H3,(H,17,18)(H,19,20). The van der Waals surface area contributed by atoms with Crippen molar-refractivity contribution in [3.8, 4) is 0 Å². The highest BCUT2D eigenvalue weighted by molar-refractivity contribution is 6.31. The van der Waals surface area contributed by atoms with E-state index in [1.165, 1.54) is 0 Å². The second-order valence-electron chi connectivity index (χ2n) is 5.60. The lowest BCUT2D eigenvalue weighted by Gasteiger charge is -2.27. The number of carboxylic acid groups (broad SMARTS) is 1. The van der Waals surface area contributed by atoms with Gasteiger partial charge in [0.25, 0.3) is 5.91 Å². The van der Waals surface area contributed by atoms with Gasteiger partial charge in [0.15, 0.2) is 0 Å². The van der Waals surface area contributed by atoms with E-state index in [-0.39, 0.29) is 11.9 Å². The minimum Gasteiger partial charge on any atom is -0.481 e. The zero-order valence-electron chi connectivity index (χ0n) is 11.6. The zero-order valence-corrected chi connectivity index (χ0v) is 12.3. The Hall–Kier alpha value is -1.55. The van der Waals surface area contributed by atoms with E-state index in [2.05, 4.69) is 5.32 Å². The fourth-order valence-electron chi connectivity index (χ4n) is 2.63. The molecule has 4 nitrogen and oxygen atoms in total. The molecule has 1 aromatic rings. The summed E-state index contributed by atoms with van der Waals surface area (Å²) in [5, 5.41) is 12.7. The average molecular weight is 296 g/mol. The van der Waals surface area contributed by atoms with E-state index in [0.29, 0.717) is 23.4 Å². The van der Waals surface area contributed by atoms with E-state index in [0.717, 1.165) is 12.0 Å². The van der Waals surface area contributed by atoms with Crippen LogP contribution < -0.4 is 5.32 Å². The predicted molar refractivity (Wildman–Crippen MR) is 77.0 cm³/mol. The zero-order chi connectivity index (χ0) is 14.9. The SMILES string of the molecule is Cc1ccc(C(=O)NC2CCCC2(C)C(=O)O)cc1Cl. The molecule has 108 valence electrons. The molecule has 0 radical (unpaired) electrons. The Balaban J connectivity index is 2.15. The number of hydrogen-bond acceptors (Lipinski definition) is 2. The number of halogens is 1. The number of benzene rings is 1. The topological polar surface area (TPSA) is 66.4 Å². The van der Waals surface area contributed by atoms with Gasteiger partial charge in [-0.2, -0.15) is 0 Å². The monoisotopic (exact) mass is 295 g/mol. The van der Waals surface area contributed by atoms with Crippen LogP contribution in [-0.4, -0.2) is 23.0 Å². The molecule has 1 aliphatic carbocycles. The van der Waals surface area contributed by atoms with Gasteiger partial charge in [-0.15, -0.1) is 0 Å². The second-order valence-corrected chi connectivity index (χ2v) is 6.01. The summed E-state index contributed by atoms with van der Waals surface area (Å²) in [7, 11) is 0. The fourth-order valence-corrected chi connectivity index (χ4v) is 2.81. The molecule has 2 atom stereocenters. The van der Waals surface area contributed by atoms with Crippen LogP contribution in [0.3, 0.4) is 0 Å². The summed E-state index contributed by atoms with van der Waals surface area (Å²) in [5.74, 6) is -1.13. The van der Waals surface area contributed by atoms with E-state index in [1.54, 1.807) is 25.1 Å². The molecule has 20 heavy (non-hydrogen) atoms. The molecule has 0 spiro atoms. The third-order valence-corrected chi connectivity index (χ3v) is 4.59. The van der Waals surface area contributed by atoms with E-state index in [1.807, 2.05) is 6.92 Å². The Morgan fingerprint density at radius 1 is 1.45 bits per heavy atom. The van der Waals surface area contributed by atoms with Gasteiger partial charge < -0.3 is 10.4 Å². The normalized spacial score (nSPS) is 25.4.